The van der Waals surface area contributed by atoms with Crippen LogP contribution in [-0.2, 0) is 16.2 Å². The second-order valence-electron chi connectivity index (χ2n) is 7.74. The van der Waals surface area contributed by atoms with Crippen molar-refractivity contribution in [2.24, 2.45) is 11.1 Å². The maximum Gasteiger partial charge on any atom is 0.226 e. The van der Waals surface area contributed by atoms with Crippen molar-refractivity contribution < 1.29 is 9.63 Å². The van der Waals surface area contributed by atoms with Crippen LogP contribution < -0.4 is 0 Å². The predicted octanol–water partition coefficient (Wildman–Crippen LogP) is 5.71. The molecule has 0 N–H and O–H groups in total. The molecule has 1 fully saturated rings. The van der Waals surface area contributed by atoms with Crippen LogP contribution >= 0.6 is 23.2 Å². The first-order valence-corrected chi connectivity index (χ1v) is 10.9. The Kier molecular flexibility index (Phi) is 6.41. The normalized spacial score (nSPS) is 19.1. The van der Waals surface area contributed by atoms with Gasteiger partial charge < -0.3 is 9.74 Å². The summed E-state index contributed by atoms with van der Waals surface area (Å²) in [5, 5.41) is 5.59. The highest BCUT2D eigenvalue weighted by Gasteiger charge is 2.32. The number of hydrogen-bond donors (Lipinski definition) is 0. The third-order valence-corrected chi connectivity index (χ3v) is 6.38. The zero-order valence-electron chi connectivity index (χ0n) is 16.2. The fraction of sp³-hybridized carbons (Fsp3) is 0.391. The molecule has 2 aromatic carbocycles. The van der Waals surface area contributed by atoms with E-state index in [-0.39, 0.29) is 17.9 Å². The van der Waals surface area contributed by atoms with Crippen molar-refractivity contribution in [2.75, 3.05) is 6.54 Å². The molecule has 0 aromatic heterocycles. The van der Waals surface area contributed by atoms with Gasteiger partial charge in [0, 0.05) is 34.5 Å². The third-order valence-electron chi connectivity index (χ3n) is 5.68. The van der Waals surface area contributed by atoms with E-state index in [0.717, 1.165) is 42.5 Å². The number of benzene rings is 2. The van der Waals surface area contributed by atoms with Crippen molar-refractivity contribution in [3.63, 3.8) is 0 Å². The van der Waals surface area contributed by atoms with E-state index < -0.39 is 0 Å². The van der Waals surface area contributed by atoms with E-state index in [1.165, 1.54) is 0 Å². The summed E-state index contributed by atoms with van der Waals surface area (Å²) in [5.74, 6) is 0.292. The average molecular weight is 431 g/mol. The molecule has 2 aromatic rings. The van der Waals surface area contributed by atoms with Crippen LogP contribution in [0.1, 0.15) is 43.2 Å². The number of carbonyl (C=O) groups excluding carboxylic acids is 1. The molecule has 152 valence electrons. The number of halogens is 2. The molecule has 0 radical (unpaired) electrons. The Morgan fingerprint density at radius 1 is 1.03 bits per heavy atom. The van der Waals surface area contributed by atoms with Gasteiger partial charge in [-0.15, -0.1) is 0 Å². The Labute approximate surface area is 181 Å². The monoisotopic (exact) mass is 430 g/mol. The summed E-state index contributed by atoms with van der Waals surface area (Å²) in [6.07, 6.45) is 4.61. The molecule has 4 nitrogen and oxygen atoms in total. The van der Waals surface area contributed by atoms with Crippen LogP contribution in [0.3, 0.4) is 0 Å². The van der Waals surface area contributed by atoms with Gasteiger partial charge in [-0.3, -0.25) is 4.79 Å². The molecule has 0 saturated heterocycles. The molecule has 1 amide bonds. The van der Waals surface area contributed by atoms with E-state index in [1.54, 1.807) is 0 Å². The molecule has 1 heterocycles. The number of rotatable bonds is 6. The molecule has 0 bridgehead atoms. The Hall–Kier alpha value is -2.04. The minimum Gasteiger partial charge on any atom is -0.390 e. The lowest BCUT2D eigenvalue weighted by atomic mass is 10.0. The quantitative estimate of drug-likeness (QED) is 0.588. The molecule has 0 unspecified atom stereocenters. The molecule has 0 spiro atoms. The number of amides is 1. The summed E-state index contributed by atoms with van der Waals surface area (Å²) in [6, 6.07) is 15.3. The molecule has 4 rings (SSSR count). The third kappa shape index (κ3) is 4.76. The van der Waals surface area contributed by atoms with Gasteiger partial charge in [0.1, 0.15) is 0 Å². The Bertz CT molecular complexity index is 909. The predicted molar refractivity (Wildman–Crippen MR) is 116 cm³/mol. The van der Waals surface area contributed by atoms with Gasteiger partial charge in [-0.05, 0) is 30.5 Å². The van der Waals surface area contributed by atoms with E-state index in [2.05, 4.69) is 5.16 Å². The Balaban J connectivity index is 1.48. The number of hydrogen-bond acceptors (Lipinski definition) is 3. The van der Waals surface area contributed by atoms with Crippen LogP contribution in [0, 0.1) is 5.92 Å². The maximum atomic E-state index is 13.2. The zero-order valence-corrected chi connectivity index (χ0v) is 17.7. The van der Waals surface area contributed by atoms with Crippen molar-refractivity contribution in [1.29, 1.82) is 0 Å². The van der Waals surface area contributed by atoms with E-state index >= 15 is 0 Å². The SMILES string of the molecule is O=C(C1CCCC1)N(Cc1ccccc1Cl)C[C@@H]1CC(c2ccccc2Cl)=NO1. The first kappa shape index (κ1) is 20.2. The first-order chi connectivity index (χ1) is 14.1. The lowest BCUT2D eigenvalue weighted by Crippen LogP contribution is -2.40. The lowest BCUT2D eigenvalue weighted by molar-refractivity contribution is -0.137. The highest BCUT2D eigenvalue weighted by atomic mass is 35.5. The summed E-state index contributed by atoms with van der Waals surface area (Å²) in [5.41, 5.74) is 2.66. The van der Waals surface area contributed by atoms with Gasteiger partial charge >= 0.3 is 0 Å². The van der Waals surface area contributed by atoms with Crippen molar-refractivity contribution in [2.45, 2.75) is 44.8 Å². The van der Waals surface area contributed by atoms with E-state index in [4.69, 9.17) is 28.0 Å². The number of carbonyl (C=O) groups is 1. The number of oxime groups is 1. The van der Waals surface area contributed by atoms with Crippen LogP contribution in [0.5, 0.6) is 0 Å². The molecule has 1 aliphatic carbocycles. The number of nitrogens with zero attached hydrogens (tertiary/aromatic N) is 2. The molecule has 1 aliphatic heterocycles. The zero-order chi connectivity index (χ0) is 20.2. The van der Waals surface area contributed by atoms with Crippen LogP contribution in [0.15, 0.2) is 53.7 Å². The van der Waals surface area contributed by atoms with Gasteiger partial charge in [-0.25, -0.2) is 0 Å². The van der Waals surface area contributed by atoms with Crippen LogP contribution in [0.2, 0.25) is 10.0 Å². The van der Waals surface area contributed by atoms with Gasteiger partial charge in [-0.1, -0.05) is 77.6 Å². The minimum absolute atomic E-state index is 0.0999. The van der Waals surface area contributed by atoms with Gasteiger partial charge in [0.2, 0.25) is 5.91 Å². The molecule has 29 heavy (non-hydrogen) atoms. The van der Waals surface area contributed by atoms with Gasteiger partial charge in [-0.2, -0.15) is 0 Å². The van der Waals surface area contributed by atoms with Crippen molar-refractivity contribution >= 4 is 34.8 Å². The molecule has 6 heteroatoms. The summed E-state index contributed by atoms with van der Waals surface area (Å²) >= 11 is 12.7. The van der Waals surface area contributed by atoms with Crippen LogP contribution in [0.4, 0.5) is 0 Å². The molecular weight excluding hydrogens is 407 g/mol. The Morgan fingerprint density at radius 2 is 1.72 bits per heavy atom. The van der Waals surface area contributed by atoms with E-state index in [1.807, 2.05) is 53.4 Å². The second-order valence-corrected chi connectivity index (χ2v) is 8.56. The lowest BCUT2D eigenvalue weighted by Gasteiger charge is -2.28. The molecule has 1 saturated carbocycles. The van der Waals surface area contributed by atoms with Crippen LogP contribution in [-0.4, -0.2) is 29.2 Å². The summed E-state index contributed by atoms with van der Waals surface area (Å²) in [7, 11) is 0. The molecule has 1 atom stereocenters. The smallest absolute Gasteiger partial charge is 0.226 e. The van der Waals surface area contributed by atoms with Crippen molar-refractivity contribution in [3.05, 3.63) is 69.7 Å². The van der Waals surface area contributed by atoms with E-state index in [9.17, 15) is 4.79 Å². The highest BCUT2D eigenvalue weighted by Crippen LogP contribution is 2.29. The first-order valence-electron chi connectivity index (χ1n) is 10.1. The Morgan fingerprint density at radius 3 is 2.45 bits per heavy atom. The fourth-order valence-corrected chi connectivity index (χ4v) is 4.56. The van der Waals surface area contributed by atoms with E-state index in [0.29, 0.717) is 29.6 Å². The van der Waals surface area contributed by atoms with Crippen molar-refractivity contribution in [3.8, 4) is 0 Å². The topological polar surface area (TPSA) is 41.9 Å². The summed E-state index contributed by atoms with van der Waals surface area (Å²) < 4.78 is 0. The second kappa shape index (κ2) is 9.19. The van der Waals surface area contributed by atoms with Gasteiger partial charge in [0.25, 0.3) is 0 Å². The highest BCUT2D eigenvalue weighted by molar-refractivity contribution is 6.34. The average Bonchev–Trinajstić information content (AvgIpc) is 3.41. The minimum atomic E-state index is -0.186. The van der Waals surface area contributed by atoms with Crippen LogP contribution in [0.25, 0.3) is 0 Å². The van der Waals surface area contributed by atoms with Gasteiger partial charge in [0.05, 0.1) is 12.3 Å². The molecule has 2 aliphatic rings. The van der Waals surface area contributed by atoms with Crippen molar-refractivity contribution in [1.82, 2.24) is 4.90 Å². The summed E-state index contributed by atoms with van der Waals surface area (Å²) in [6.45, 7) is 0.967. The summed E-state index contributed by atoms with van der Waals surface area (Å²) in [4.78, 5) is 20.8. The molecular formula is C23H24Cl2N2O2. The van der Waals surface area contributed by atoms with Gasteiger partial charge in [0.15, 0.2) is 6.10 Å². The standard InChI is InChI=1S/C23H24Cl2N2O2/c24-20-11-5-3-9-17(20)14-27(23(28)16-7-1-2-8-16)15-18-13-22(26-29-18)19-10-4-6-12-21(19)25/h3-6,9-12,16,18H,1-2,7-8,13-15H2/t18-/m0/s1. The largest absolute Gasteiger partial charge is 0.390 e. The maximum absolute atomic E-state index is 13.2. The fourth-order valence-electron chi connectivity index (χ4n) is 4.12.